The van der Waals surface area contributed by atoms with Crippen LogP contribution in [0.2, 0.25) is 0 Å². The second kappa shape index (κ2) is 8.73. The van der Waals surface area contributed by atoms with Gasteiger partial charge in [0.2, 0.25) is 0 Å². The Labute approximate surface area is 169 Å². The zero-order chi connectivity index (χ0) is 20.1. The van der Waals surface area contributed by atoms with E-state index in [9.17, 15) is 9.18 Å². The van der Waals surface area contributed by atoms with E-state index in [1.165, 1.54) is 6.07 Å². The van der Waals surface area contributed by atoms with Gasteiger partial charge in [0, 0.05) is 38.9 Å². The van der Waals surface area contributed by atoms with Crippen molar-refractivity contribution in [2.24, 2.45) is 0 Å². The molecule has 0 bridgehead atoms. The number of nitrogens with one attached hydrogen (secondary N) is 1. The van der Waals surface area contributed by atoms with E-state index in [4.69, 9.17) is 0 Å². The zero-order valence-corrected chi connectivity index (χ0v) is 16.1. The number of rotatable bonds is 5. The Hall–Kier alpha value is -3.41. The number of anilines is 2. The third-order valence-corrected chi connectivity index (χ3v) is 5.10. The van der Waals surface area contributed by atoms with Crippen LogP contribution < -0.4 is 15.1 Å². The first-order chi connectivity index (χ1) is 14.2. The fourth-order valence-electron chi connectivity index (χ4n) is 3.47. The van der Waals surface area contributed by atoms with Gasteiger partial charge in [-0.15, -0.1) is 0 Å². The highest BCUT2D eigenvalue weighted by Gasteiger charge is 2.20. The second-order valence-electron chi connectivity index (χ2n) is 7.00. The van der Waals surface area contributed by atoms with Gasteiger partial charge in [-0.3, -0.25) is 4.79 Å². The van der Waals surface area contributed by atoms with Crippen molar-refractivity contribution < 1.29 is 9.18 Å². The Bertz CT molecular complexity index is 954. The molecular weight excluding hydrogens is 367 g/mol. The lowest BCUT2D eigenvalue weighted by Crippen LogP contribution is -2.47. The Kier molecular flexibility index (Phi) is 5.70. The summed E-state index contributed by atoms with van der Waals surface area (Å²) in [7, 11) is 0. The molecule has 6 heteroatoms. The SMILES string of the molecule is O=C(NCc1ccccc1)c1ccc(N2CCN(c3ccccc3F)CC2)nc1. The number of benzene rings is 2. The molecule has 0 radical (unpaired) electrons. The third kappa shape index (κ3) is 4.54. The molecule has 1 N–H and O–H groups in total. The average molecular weight is 390 g/mol. The monoisotopic (exact) mass is 390 g/mol. The number of amides is 1. The Morgan fingerprint density at radius 2 is 1.59 bits per heavy atom. The summed E-state index contributed by atoms with van der Waals surface area (Å²) in [6, 6.07) is 20.3. The molecular formula is C23H23FN4O. The van der Waals surface area contributed by atoms with Crippen molar-refractivity contribution in [3.8, 4) is 0 Å². The van der Waals surface area contributed by atoms with Crippen molar-refractivity contribution in [3.05, 3.63) is 89.9 Å². The summed E-state index contributed by atoms with van der Waals surface area (Å²) < 4.78 is 14.0. The number of carbonyl (C=O) groups excluding carboxylic acids is 1. The van der Waals surface area contributed by atoms with Crippen molar-refractivity contribution in [2.45, 2.75) is 6.54 Å². The van der Waals surface area contributed by atoms with E-state index in [2.05, 4.69) is 20.1 Å². The topological polar surface area (TPSA) is 48.5 Å². The van der Waals surface area contributed by atoms with Crippen LogP contribution in [-0.2, 0) is 6.54 Å². The summed E-state index contributed by atoms with van der Waals surface area (Å²) in [6.45, 7) is 3.44. The van der Waals surface area contributed by atoms with E-state index >= 15 is 0 Å². The van der Waals surface area contributed by atoms with Crippen molar-refractivity contribution in [3.63, 3.8) is 0 Å². The molecule has 0 saturated carbocycles. The molecule has 0 aliphatic carbocycles. The van der Waals surface area contributed by atoms with Crippen LogP contribution in [0.15, 0.2) is 72.9 Å². The minimum Gasteiger partial charge on any atom is -0.366 e. The Morgan fingerprint density at radius 1 is 0.897 bits per heavy atom. The van der Waals surface area contributed by atoms with Crippen molar-refractivity contribution in [1.82, 2.24) is 10.3 Å². The third-order valence-electron chi connectivity index (χ3n) is 5.10. The largest absolute Gasteiger partial charge is 0.366 e. The quantitative estimate of drug-likeness (QED) is 0.725. The van der Waals surface area contributed by atoms with Crippen LogP contribution in [0.5, 0.6) is 0 Å². The maximum atomic E-state index is 14.0. The Morgan fingerprint density at radius 3 is 2.28 bits per heavy atom. The van der Waals surface area contributed by atoms with Gasteiger partial charge in [0.05, 0.1) is 11.3 Å². The van der Waals surface area contributed by atoms with Gasteiger partial charge in [-0.05, 0) is 29.8 Å². The number of carbonyl (C=O) groups is 1. The molecule has 29 heavy (non-hydrogen) atoms. The molecule has 1 aliphatic rings. The van der Waals surface area contributed by atoms with E-state index in [1.807, 2.05) is 48.5 Å². The molecule has 1 saturated heterocycles. The summed E-state index contributed by atoms with van der Waals surface area (Å²) in [5, 5.41) is 2.91. The predicted octanol–water partition coefficient (Wildman–Crippen LogP) is 3.48. The van der Waals surface area contributed by atoms with Crippen LogP contribution in [0.25, 0.3) is 0 Å². The molecule has 1 aromatic heterocycles. The van der Waals surface area contributed by atoms with E-state index in [1.54, 1.807) is 18.3 Å². The number of aromatic nitrogens is 1. The van der Waals surface area contributed by atoms with Gasteiger partial charge in [0.1, 0.15) is 11.6 Å². The first-order valence-electron chi connectivity index (χ1n) is 9.73. The van der Waals surface area contributed by atoms with E-state index in [-0.39, 0.29) is 11.7 Å². The zero-order valence-electron chi connectivity index (χ0n) is 16.1. The van der Waals surface area contributed by atoms with Crippen LogP contribution >= 0.6 is 0 Å². The lowest BCUT2D eigenvalue weighted by molar-refractivity contribution is 0.0950. The smallest absolute Gasteiger partial charge is 0.253 e. The molecule has 2 heterocycles. The number of hydrogen-bond donors (Lipinski definition) is 1. The molecule has 5 nitrogen and oxygen atoms in total. The van der Waals surface area contributed by atoms with Crippen LogP contribution in [0, 0.1) is 5.82 Å². The maximum Gasteiger partial charge on any atom is 0.253 e. The fourth-order valence-corrected chi connectivity index (χ4v) is 3.47. The van der Waals surface area contributed by atoms with Crippen LogP contribution in [-0.4, -0.2) is 37.1 Å². The minimum atomic E-state index is -0.190. The fraction of sp³-hybridized carbons (Fsp3) is 0.217. The van der Waals surface area contributed by atoms with Gasteiger partial charge in [-0.1, -0.05) is 42.5 Å². The molecule has 148 valence electrons. The van der Waals surface area contributed by atoms with Gasteiger partial charge >= 0.3 is 0 Å². The molecule has 0 unspecified atom stereocenters. The standard InChI is InChI=1S/C23H23FN4O/c24-20-8-4-5-9-21(20)27-12-14-28(15-13-27)22-11-10-19(17-25-22)23(29)26-16-18-6-2-1-3-7-18/h1-11,17H,12-16H2,(H,26,29). The summed E-state index contributed by atoms with van der Waals surface area (Å²) >= 11 is 0. The van der Waals surface area contributed by atoms with Gasteiger partial charge < -0.3 is 15.1 Å². The molecule has 2 aromatic carbocycles. The summed E-state index contributed by atoms with van der Waals surface area (Å²) in [6.07, 6.45) is 1.61. The number of pyridine rings is 1. The van der Waals surface area contributed by atoms with Crippen molar-refractivity contribution >= 4 is 17.4 Å². The average Bonchev–Trinajstić information content (AvgIpc) is 2.79. The number of halogens is 1. The van der Waals surface area contributed by atoms with Crippen LogP contribution in [0.4, 0.5) is 15.9 Å². The Balaban J connectivity index is 1.32. The molecule has 4 rings (SSSR count). The normalized spacial score (nSPS) is 14.0. The molecule has 3 aromatic rings. The molecule has 0 atom stereocenters. The number of hydrogen-bond acceptors (Lipinski definition) is 4. The summed E-state index contributed by atoms with van der Waals surface area (Å²) in [5.41, 5.74) is 2.23. The van der Waals surface area contributed by atoms with Gasteiger partial charge in [-0.2, -0.15) is 0 Å². The molecule has 1 aliphatic heterocycles. The number of nitrogens with zero attached hydrogens (tertiary/aromatic N) is 3. The van der Waals surface area contributed by atoms with E-state index in [0.717, 1.165) is 37.6 Å². The first kappa shape index (κ1) is 18.9. The first-order valence-corrected chi connectivity index (χ1v) is 9.73. The molecule has 1 amide bonds. The highest BCUT2D eigenvalue weighted by Crippen LogP contribution is 2.22. The highest BCUT2D eigenvalue weighted by molar-refractivity contribution is 5.94. The lowest BCUT2D eigenvalue weighted by Gasteiger charge is -2.36. The van der Waals surface area contributed by atoms with Gasteiger partial charge in [0.25, 0.3) is 5.91 Å². The second-order valence-corrected chi connectivity index (χ2v) is 7.00. The molecule has 0 spiro atoms. The lowest BCUT2D eigenvalue weighted by atomic mass is 10.2. The minimum absolute atomic E-state index is 0.141. The van der Waals surface area contributed by atoms with Gasteiger partial charge in [0.15, 0.2) is 0 Å². The summed E-state index contributed by atoms with van der Waals surface area (Å²) in [4.78, 5) is 21.0. The van der Waals surface area contributed by atoms with E-state index in [0.29, 0.717) is 17.8 Å². The van der Waals surface area contributed by atoms with Crippen molar-refractivity contribution in [1.29, 1.82) is 0 Å². The van der Waals surface area contributed by atoms with Gasteiger partial charge in [-0.25, -0.2) is 9.37 Å². The van der Waals surface area contributed by atoms with Crippen molar-refractivity contribution in [2.75, 3.05) is 36.0 Å². The number of piperazine rings is 1. The predicted molar refractivity (Wildman–Crippen MR) is 113 cm³/mol. The maximum absolute atomic E-state index is 14.0. The summed E-state index contributed by atoms with van der Waals surface area (Å²) in [5.74, 6) is 0.500. The highest BCUT2D eigenvalue weighted by atomic mass is 19.1. The van der Waals surface area contributed by atoms with E-state index < -0.39 is 0 Å². The van der Waals surface area contributed by atoms with Crippen LogP contribution in [0.1, 0.15) is 15.9 Å². The molecule has 1 fully saturated rings. The van der Waals surface area contributed by atoms with Crippen LogP contribution in [0.3, 0.4) is 0 Å². The number of para-hydroxylation sites is 1.